The van der Waals surface area contributed by atoms with Crippen LogP contribution in [-0.4, -0.2) is 27.8 Å². The molecule has 1 N–H and O–H groups in total. The van der Waals surface area contributed by atoms with E-state index in [0.29, 0.717) is 27.6 Å². The maximum absolute atomic E-state index is 12.0. The largest absolute Gasteiger partial charge is 0.478 e. The molecule has 8 heteroatoms. The number of ether oxygens (including phenoxy) is 3. The highest BCUT2D eigenvalue weighted by Gasteiger charge is 2.42. The van der Waals surface area contributed by atoms with Crippen LogP contribution in [0.5, 0.6) is 17.6 Å². The summed E-state index contributed by atoms with van der Waals surface area (Å²) in [6, 6.07) is 21.1. The number of fused-ring (bicyclic) bond motifs is 1. The summed E-state index contributed by atoms with van der Waals surface area (Å²) in [6.07, 6.45) is -0.656. The average Bonchev–Trinajstić information content (AvgIpc) is 3.20. The van der Waals surface area contributed by atoms with Gasteiger partial charge in [0, 0.05) is 11.1 Å². The quantitative estimate of drug-likeness (QED) is 0.318. The van der Waals surface area contributed by atoms with Gasteiger partial charge >= 0.3 is 12.0 Å². The Kier molecular flexibility index (Phi) is 6.53. The van der Waals surface area contributed by atoms with Crippen LogP contribution in [0.15, 0.2) is 77.2 Å². The maximum atomic E-state index is 12.0. The van der Waals surface area contributed by atoms with Gasteiger partial charge in [-0.1, -0.05) is 41.9 Å². The first-order valence-electron chi connectivity index (χ1n) is 10.3. The third-order valence-corrected chi connectivity index (χ3v) is 5.47. The Morgan fingerprint density at radius 2 is 1.79 bits per heavy atom. The van der Waals surface area contributed by atoms with Crippen LogP contribution in [0.3, 0.4) is 0 Å². The lowest BCUT2D eigenvalue weighted by Crippen LogP contribution is -2.51. The Morgan fingerprint density at radius 1 is 1.09 bits per heavy atom. The number of aromatic nitrogens is 1. The molecule has 0 fully saturated rings. The van der Waals surface area contributed by atoms with E-state index in [4.69, 9.17) is 30.2 Å². The van der Waals surface area contributed by atoms with E-state index >= 15 is 0 Å². The number of rotatable bonds is 9. The number of halogens is 1. The molecule has 4 rings (SSSR count). The van der Waals surface area contributed by atoms with E-state index in [1.165, 1.54) is 6.92 Å². The molecule has 0 saturated heterocycles. The molecular formula is C25H22ClNO6. The van der Waals surface area contributed by atoms with Crippen LogP contribution in [0.2, 0.25) is 5.02 Å². The van der Waals surface area contributed by atoms with E-state index in [0.717, 1.165) is 5.56 Å². The molecule has 33 heavy (non-hydrogen) atoms. The Hall–Kier alpha value is -3.55. The lowest BCUT2D eigenvalue weighted by atomic mass is 10.00. The minimum atomic E-state index is -1.60. The van der Waals surface area contributed by atoms with Crippen molar-refractivity contribution in [2.75, 3.05) is 0 Å². The van der Waals surface area contributed by atoms with Gasteiger partial charge in [0.15, 0.2) is 5.58 Å². The molecule has 1 aromatic heterocycles. The number of oxazole rings is 1. The number of aliphatic carboxylic acids is 1. The lowest BCUT2D eigenvalue weighted by molar-refractivity contribution is -0.168. The van der Waals surface area contributed by atoms with Gasteiger partial charge in [0.1, 0.15) is 23.1 Å². The monoisotopic (exact) mass is 467 g/mol. The van der Waals surface area contributed by atoms with Crippen LogP contribution in [0.25, 0.3) is 11.1 Å². The minimum Gasteiger partial charge on any atom is -0.478 e. The summed E-state index contributed by atoms with van der Waals surface area (Å²) in [7, 11) is 0. The fourth-order valence-electron chi connectivity index (χ4n) is 3.10. The molecule has 0 amide bonds. The molecule has 0 aliphatic rings. The van der Waals surface area contributed by atoms with Crippen LogP contribution in [-0.2, 0) is 16.1 Å². The summed E-state index contributed by atoms with van der Waals surface area (Å²) >= 11 is 5.96. The topological polar surface area (TPSA) is 91.0 Å². The number of benzene rings is 3. The molecule has 4 aromatic rings. The van der Waals surface area contributed by atoms with Crippen molar-refractivity contribution < 1.29 is 28.5 Å². The van der Waals surface area contributed by atoms with Crippen molar-refractivity contribution in [3.8, 4) is 17.6 Å². The molecule has 0 saturated carbocycles. The zero-order valence-corrected chi connectivity index (χ0v) is 18.8. The van der Waals surface area contributed by atoms with Gasteiger partial charge in [-0.3, -0.25) is 0 Å². The Morgan fingerprint density at radius 3 is 2.48 bits per heavy atom. The van der Waals surface area contributed by atoms with Gasteiger partial charge < -0.3 is 23.7 Å². The molecule has 0 radical (unpaired) electrons. The summed E-state index contributed by atoms with van der Waals surface area (Å²) in [6.45, 7) is 3.43. The number of hydrogen-bond donors (Lipinski definition) is 1. The molecule has 2 atom stereocenters. The highest BCUT2D eigenvalue weighted by Crippen LogP contribution is 2.30. The van der Waals surface area contributed by atoms with E-state index in [9.17, 15) is 9.90 Å². The van der Waals surface area contributed by atoms with E-state index in [-0.39, 0.29) is 12.7 Å². The second-order valence-corrected chi connectivity index (χ2v) is 8.05. The molecule has 2 unspecified atom stereocenters. The van der Waals surface area contributed by atoms with E-state index in [1.54, 1.807) is 49.4 Å². The van der Waals surface area contributed by atoms with Crippen LogP contribution in [0, 0.1) is 0 Å². The summed E-state index contributed by atoms with van der Waals surface area (Å²) in [5.74, 6) is -0.328. The van der Waals surface area contributed by atoms with Gasteiger partial charge in [-0.15, -0.1) is 0 Å². The Balaban J connectivity index is 1.43. The Labute approximate surface area is 195 Å². The first kappa shape index (κ1) is 22.6. The molecule has 0 bridgehead atoms. The van der Waals surface area contributed by atoms with Crippen molar-refractivity contribution in [1.29, 1.82) is 0 Å². The number of hydrogen-bond acceptors (Lipinski definition) is 6. The first-order chi connectivity index (χ1) is 15.8. The predicted molar refractivity (Wildman–Crippen MR) is 123 cm³/mol. The third kappa shape index (κ3) is 5.27. The molecule has 0 aliphatic heterocycles. The van der Waals surface area contributed by atoms with Crippen molar-refractivity contribution in [1.82, 2.24) is 4.98 Å². The van der Waals surface area contributed by atoms with E-state index in [1.807, 2.05) is 30.3 Å². The average molecular weight is 468 g/mol. The zero-order chi connectivity index (χ0) is 23.4. The second-order valence-electron chi connectivity index (χ2n) is 7.62. The van der Waals surface area contributed by atoms with Gasteiger partial charge in [-0.2, -0.15) is 4.98 Å². The highest BCUT2D eigenvalue weighted by molar-refractivity contribution is 6.31. The van der Waals surface area contributed by atoms with Crippen LogP contribution >= 0.6 is 11.6 Å². The molecule has 1 heterocycles. The van der Waals surface area contributed by atoms with Gasteiger partial charge in [0.05, 0.1) is 6.61 Å². The van der Waals surface area contributed by atoms with Crippen molar-refractivity contribution >= 4 is 28.7 Å². The molecule has 3 aromatic carbocycles. The zero-order valence-electron chi connectivity index (χ0n) is 18.0. The first-order valence-corrected chi connectivity index (χ1v) is 10.6. The summed E-state index contributed by atoms with van der Waals surface area (Å²) in [5.41, 5.74) is 0.478. The molecular weight excluding hydrogens is 446 g/mol. The minimum absolute atomic E-state index is 0.0687. The van der Waals surface area contributed by atoms with Crippen LogP contribution in [0.4, 0.5) is 0 Å². The van der Waals surface area contributed by atoms with Crippen molar-refractivity contribution in [2.45, 2.75) is 32.2 Å². The number of nitrogens with zero attached hydrogens (tertiary/aromatic N) is 1. The maximum Gasteiger partial charge on any atom is 0.400 e. The van der Waals surface area contributed by atoms with Gasteiger partial charge in [-0.05, 0) is 55.8 Å². The number of carboxylic acids is 1. The Bertz CT molecular complexity index is 1240. The molecule has 170 valence electrons. The van der Waals surface area contributed by atoms with Crippen molar-refractivity contribution in [3.63, 3.8) is 0 Å². The van der Waals surface area contributed by atoms with Gasteiger partial charge in [0.25, 0.3) is 0 Å². The van der Waals surface area contributed by atoms with Crippen molar-refractivity contribution in [2.24, 2.45) is 0 Å². The molecule has 7 nitrogen and oxygen atoms in total. The van der Waals surface area contributed by atoms with Gasteiger partial charge in [0.2, 0.25) is 5.60 Å². The third-order valence-electron chi connectivity index (χ3n) is 5.23. The summed E-state index contributed by atoms with van der Waals surface area (Å²) in [5, 5.41) is 10.4. The lowest BCUT2D eigenvalue weighted by Gasteiger charge is -2.32. The van der Waals surface area contributed by atoms with Crippen LogP contribution in [0.1, 0.15) is 19.4 Å². The SMILES string of the molecule is CC(OCc1ccccc1)C(C)(Oc1ccc(Oc2nc3ccc(Cl)cc3o2)cc1)C(=O)O. The van der Waals surface area contributed by atoms with E-state index in [2.05, 4.69) is 4.98 Å². The summed E-state index contributed by atoms with van der Waals surface area (Å²) in [4.78, 5) is 16.3. The highest BCUT2D eigenvalue weighted by atomic mass is 35.5. The number of carboxylic acid groups (broad SMARTS) is 1. The predicted octanol–water partition coefficient (Wildman–Crippen LogP) is 6.10. The molecule has 0 aliphatic carbocycles. The van der Waals surface area contributed by atoms with Gasteiger partial charge in [-0.25, -0.2) is 4.79 Å². The van der Waals surface area contributed by atoms with E-state index < -0.39 is 17.7 Å². The smallest absolute Gasteiger partial charge is 0.400 e. The standard InChI is InChI=1S/C25H22ClNO6/c1-16(30-15-17-6-4-3-5-7-17)25(2,23(28)29)33-20-11-9-19(10-12-20)31-24-27-21-13-8-18(26)14-22(21)32-24/h3-14,16H,15H2,1-2H3,(H,28,29). The number of carbonyl (C=O) groups is 1. The van der Waals surface area contributed by atoms with Crippen LogP contribution < -0.4 is 9.47 Å². The second kappa shape index (κ2) is 9.52. The molecule has 0 spiro atoms. The fourth-order valence-corrected chi connectivity index (χ4v) is 3.26. The fraction of sp³-hybridized carbons (Fsp3) is 0.200. The van der Waals surface area contributed by atoms with Crippen molar-refractivity contribution in [3.05, 3.63) is 83.4 Å². The normalized spacial score (nSPS) is 13.9. The summed E-state index contributed by atoms with van der Waals surface area (Å²) < 4.78 is 22.9.